The van der Waals surface area contributed by atoms with Crippen molar-refractivity contribution in [1.29, 1.82) is 0 Å². The SMILES string of the molecule is COc1cccc([C@@H]2CCCN2C(=O)Nc2ccccc2-n2cccn2)c1. The van der Waals surface area contributed by atoms with Crippen LogP contribution in [0.25, 0.3) is 5.69 Å². The molecule has 1 saturated heterocycles. The van der Waals surface area contributed by atoms with Crippen molar-refractivity contribution in [2.45, 2.75) is 18.9 Å². The van der Waals surface area contributed by atoms with Gasteiger partial charge in [-0.2, -0.15) is 5.10 Å². The zero-order valence-corrected chi connectivity index (χ0v) is 15.2. The zero-order chi connectivity index (χ0) is 18.6. The van der Waals surface area contributed by atoms with E-state index in [-0.39, 0.29) is 12.1 Å². The third-order valence-electron chi connectivity index (χ3n) is 4.89. The molecule has 1 aliphatic heterocycles. The summed E-state index contributed by atoms with van der Waals surface area (Å²) in [7, 11) is 1.66. The maximum Gasteiger partial charge on any atom is 0.322 e. The highest BCUT2D eigenvalue weighted by Crippen LogP contribution is 2.34. The maximum absolute atomic E-state index is 13.0. The molecule has 2 aromatic carbocycles. The van der Waals surface area contributed by atoms with Gasteiger partial charge in [0.2, 0.25) is 0 Å². The van der Waals surface area contributed by atoms with Crippen molar-refractivity contribution in [1.82, 2.24) is 14.7 Å². The van der Waals surface area contributed by atoms with Crippen LogP contribution in [-0.2, 0) is 0 Å². The van der Waals surface area contributed by atoms with Crippen LogP contribution in [0.3, 0.4) is 0 Å². The van der Waals surface area contributed by atoms with Crippen LogP contribution < -0.4 is 10.1 Å². The van der Waals surface area contributed by atoms with Crippen LogP contribution in [0.2, 0.25) is 0 Å². The largest absolute Gasteiger partial charge is 0.497 e. The van der Waals surface area contributed by atoms with Gasteiger partial charge in [-0.05, 0) is 48.7 Å². The van der Waals surface area contributed by atoms with Gasteiger partial charge in [-0.1, -0.05) is 24.3 Å². The topological polar surface area (TPSA) is 59.4 Å². The van der Waals surface area contributed by atoms with Gasteiger partial charge in [0.05, 0.1) is 24.5 Å². The number of anilines is 1. The lowest BCUT2D eigenvalue weighted by Gasteiger charge is -2.26. The van der Waals surface area contributed by atoms with Gasteiger partial charge in [0.1, 0.15) is 5.75 Å². The molecule has 3 aromatic rings. The van der Waals surface area contributed by atoms with Gasteiger partial charge in [-0.25, -0.2) is 9.48 Å². The van der Waals surface area contributed by atoms with E-state index in [1.165, 1.54) is 0 Å². The molecule has 6 heteroatoms. The third kappa shape index (κ3) is 3.51. The molecule has 138 valence electrons. The van der Waals surface area contributed by atoms with E-state index in [1.54, 1.807) is 18.0 Å². The van der Waals surface area contributed by atoms with E-state index in [4.69, 9.17) is 4.74 Å². The number of aromatic nitrogens is 2. The summed E-state index contributed by atoms with van der Waals surface area (Å²) < 4.78 is 7.08. The molecule has 1 atom stereocenters. The average Bonchev–Trinajstić information content (AvgIpc) is 3.40. The van der Waals surface area contributed by atoms with Crippen LogP contribution in [0.15, 0.2) is 67.0 Å². The Morgan fingerprint density at radius 3 is 2.89 bits per heavy atom. The summed E-state index contributed by atoms with van der Waals surface area (Å²) in [4.78, 5) is 14.9. The van der Waals surface area contributed by atoms with Crippen molar-refractivity contribution < 1.29 is 9.53 Å². The number of methoxy groups -OCH3 is 1. The summed E-state index contributed by atoms with van der Waals surface area (Å²) in [5, 5.41) is 7.34. The van der Waals surface area contributed by atoms with Crippen molar-refractivity contribution in [2.75, 3.05) is 19.0 Å². The zero-order valence-electron chi connectivity index (χ0n) is 15.2. The second-order valence-corrected chi connectivity index (χ2v) is 6.53. The Hall–Kier alpha value is -3.28. The molecule has 1 N–H and O–H groups in total. The van der Waals surface area contributed by atoms with Gasteiger partial charge in [-0.15, -0.1) is 0 Å². The van der Waals surface area contributed by atoms with Crippen molar-refractivity contribution in [2.24, 2.45) is 0 Å². The number of carbonyl (C=O) groups is 1. The summed E-state index contributed by atoms with van der Waals surface area (Å²) in [6.07, 6.45) is 5.51. The maximum atomic E-state index is 13.0. The van der Waals surface area contributed by atoms with Crippen LogP contribution in [-0.4, -0.2) is 34.4 Å². The number of likely N-dealkylation sites (tertiary alicyclic amines) is 1. The van der Waals surface area contributed by atoms with E-state index in [9.17, 15) is 4.79 Å². The van der Waals surface area contributed by atoms with Gasteiger partial charge in [0.25, 0.3) is 0 Å². The number of hydrogen-bond donors (Lipinski definition) is 1. The number of rotatable bonds is 4. The molecule has 1 aromatic heterocycles. The molecule has 4 rings (SSSR count). The Morgan fingerprint density at radius 1 is 1.19 bits per heavy atom. The number of carbonyl (C=O) groups excluding carboxylic acids is 1. The fraction of sp³-hybridized carbons (Fsp3) is 0.238. The van der Waals surface area contributed by atoms with E-state index in [0.717, 1.165) is 42.1 Å². The second kappa shape index (κ2) is 7.53. The number of hydrogen-bond acceptors (Lipinski definition) is 3. The van der Waals surface area contributed by atoms with E-state index >= 15 is 0 Å². The third-order valence-corrected chi connectivity index (χ3v) is 4.89. The first-order valence-corrected chi connectivity index (χ1v) is 9.07. The molecule has 0 saturated carbocycles. The van der Waals surface area contributed by atoms with Crippen molar-refractivity contribution in [3.8, 4) is 11.4 Å². The molecular formula is C21H22N4O2. The second-order valence-electron chi connectivity index (χ2n) is 6.53. The monoisotopic (exact) mass is 362 g/mol. The predicted molar refractivity (Wildman–Crippen MR) is 104 cm³/mol. The molecule has 0 unspecified atom stereocenters. The molecule has 0 radical (unpaired) electrons. The first-order chi connectivity index (χ1) is 13.3. The summed E-state index contributed by atoms with van der Waals surface area (Å²) >= 11 is 0. The molecule has 27 heavy (non-hydrogen) atoms. The first-order valence-electron chi connectivity index (χ1n) is 9.07. The average molecular weight is 362 g/mol. The highest BCUT2D eigenvalue weighted by Gasteiger charge is 2.30. The number of nitrogens with zero attached hydrogens (tertiary/aromatic N) is 3. The lowest BCUT2D eigenvalue weighted by molar-refractivity contribution is 0.207. The summed E-state index contributed by atoms with van der Waals surface area (Å²) in [6.45, 7) is 0.734. The Kier molecular flexibility index (Phi) is 4.78. The van der Waals surface area contributed by atoms with Gasteiger partial charge in [-0.3, -0.25) is 0 Å². The van der Waals surface area contributed by atoms with Crippen LogP contribution >= 0.6 is 0 Å². The van der Waals surface area contributed by atoms with Crippen LogP contribution in [0.4, 0.5) is 10.5 Å². The Balaban J connectivity index is 1.56. The normalized spacial score (nSPS) is 16.3. The molecule has 1 fully saturated rings. The number of amides is 2. The molecule has 1 aliphatic rings. The summed E-state index contributed by atoms with van der Waals surface area (Å²) in [5.74, 6) is 0.809. The molecule has 0 spiro atoms. The minimum atomic E-state index is -0.0973. The molecule has 2 heterocycles. The van der Waals surface area contributed by atoms with Crippen LogP contribution in [0, 0.1) is 0 Å². The number of ether oxygens (including phenoxy) is 1. The van der Waals surface area contributed by atoms with Gasteiger partial charge in [0.15, 0.2) is 0 Å². The molecule has 6 nitrogen and oxygen atoms in total. The first kappa shape index (κ1) is 17.1. The number of para-hydroxylation sites is 2. The van der Waals surface area contributed by atoms with Crippen molar-refractivity contribution in [3.63, 3.8) is 0 Å². The Bertz CT molecular complexity index is 923. The smallest absolute Gasteiger partial charge is 0.322 e. The van der Waals surface area contributed by atoms with E-state index in [0.29, 0.717) is 0 Å². The lowest BCUT2D eigenvalue weighted by Crippen LogP contribution is -2.34. The molecular weight excluding hydrogens is 340 g/mol. The Labute approximate surface area is 158 Å². The quantitative estimate of drug-likeness (QED) is 0.755. The van der Waals surface area contributed by atoms with Gasteiger partial charge < -0.3 is 15.0 Å². The van der Waals surface area contributed by atoms with Gasteiger partial charge >= 0.3 is 6.03 Å². The number of benzene rings is 2. The fourth-order valence-electron chi connectivity index (χ4n) is 3.58. The fourth-order valence-corrected chi connectivity index (χ4v) is 3.58. The Morgan fingerprint density at radius 2 is 2.07 bits per heavy atom. The highest BCUT2D eigenvalue weighted by molar-refractivity contribution is 5.92. The number of nitrogens with one attached hydrogen (secondary N) is 1. The highest BCUT2D eigenvalue weighted by atomic mass is 16.5. The van der Waals surface area contributed by atoms with Crippen LogP contribution in [0.1, 0.15) is 24.4 Å². The summed E-state index contributed by atoms with van der Waals surface area (Å²) in [5.41, 5.74) is 2.68. The van der Waals surface area contributed by atoms with Crippen molar-refractivity contribution >= 4 is 11.7 Å². The van der Waals surface area contributed by atoms with E-state index in [2.05, 4.69) is 16.5 Å². The van der Waals surface area contributed by atoms with Crippen molar-refractivity contribution in [3.05, 3.63) is 72.6 Å². The predicted octanol–water partition coefficient (Wildman–Crippen LogP) is 4.25. The minimum Gasteiger partial charge on any atom is -0.497 e. The van der Waals surface area contributed by atoms with Crippen LogP contribution in [0.5, 0.6) is 5.75 Å². The minimum absolute atomic E-state index is 0.0527. The number of urea groups is 1. The molecule has 0 bridgehead atoms. The van der Waals surface area contributed by atoms with E-state index in [1.807, 2.05) is 59.6 Å². The molecule has 0 aliphatic carbocycles. The van der Waals surface area contributed by atoms with Gasteiger partial charge in [0, 0.05) is 18.9 Å². The van der Waals surface area contributed by atoms with E-state index < -0.39 is 0 Å². The summed E-state index contributed by atoms with van der Waals surface area (Å²) in [6, 6.07) is 17.4. The standard InChI is InChI=1S/C21H22N4O2/c1-27-17-8-4-7-16(15-17)19-11-5-13-24(19)21(26)23-18-9-2-3-10-20(18)25-14-6-12-22-25/h2-4,6-10,12,14-15,19H,5,11,13H2,1H3,(H,23,26)/t19-/m0/s1. The lowest BCUT2D eigenvalue weighted by atomic mass is 10.0. The molecule has 2 amide bonds.